The lowest BCUT2D eigenvalue weighted by Gasteiger charge is -1.96. The lowest BCUT2D eigenvalue weighted by molar-refractivity contribution is 0.0983. The highest BCUT2D eigenvalue weighted by molar-refractivity contribution is 5.95. The molecule has 0 saturated heterocycles. The summed E-state index contributed by atoms with van der Waals surface area (Å²) in [6.45, 7) is 1.84. The molecule has 0 spiro atoms. The minimum Gasteiger partial charge on any atom is -0.346 e. The van der Waals surface area contributed by atoms with Crippen molar-refractivity contribution in [2.45, 2.75) is 13.3 Å². The molecule has 13 heavy (non-hydrogen) atoms. The van der Waals surface area contributed by atoms with Gasteiger partial charge in [-0.1, -0.05) is 6.92 Å². The molecule has 0 amide bonds. The third-order valence-corrected chi connectivity index (χ3v) is 2.02. The maximum Gasteiger partial charge on any atom is 0.180 e. The van der Waals surface area contributed by atoms with E-state index < -0.39 is 0 Å². The standard InChI is InChI=1S/C10H10N2O/c1-2-9(13)8-4-3-7-5-6-11-10(7)12-8/h3-6H,2H2,1H3,(H,11,12). The largest absolute Gasteiger partial charge is 0.346 e. The molecule has 3 heteroatoms. The Morgan fingerprint density at radius 2 is 2.31 bits per heavy atom. The van der Waals surface area contributed by atoms with Gasteiger partial charge in [0.1, 0.15) is 11.3 Å². The Hall–Kier alpha value is -1.64. The molecular weight excluding hydrogens is 164 g/mol. The van der Waals surface area contributed by atoms with E-state index in [2.05, 4.69) is 9.97 Å². The van der Waals surface area contributed by atoms with E-state index in [0.29, 0.717) is 12.1 Å². The van der Waals surface area contributed by atoms with Gasteiger partial charge in [-0.25, -0.2) is 4.98 Å². The summed E-state index contributed by atoms with van der Waals surface area (Å²) in [4.78, 5) is 18.5. The lowest BCUT2D eigenvalue weighted by Crippen LogP contribution is -1.99. The van der Waals surface area contributed by atoms with Crippen LogP contribution < -0.4 is 0 Å². The van der Waals surface area contributed by atoms with E-state index in [1.807, 2.05) is 25.3 Å². The summed E-state index contributed by atoms with van der Waals surface area (Å²) in [5, 5.41) is 1.03. The average Bonchev–Trinajstić information content (AvgIpc) is 2.63. The number of H-pyrrole nitrogens is 1. The number of carbonyl (C=O) groups excluding carboxylic acids is 1. The first-order valence-electron chi connectivity index (χ1n) is 4.28. The second-order valence-electron chi connectivity index (χ2n) is 2.89. The number of carbonyl (C=O) groups is 1. The molecule has 0 atom stereocenters. The molecule has 1 N–H and O–H groups in total. The van der Waals surface area contributed by atoms with Crippen LogP contribution in [0.1, 0.15) is 23.8 Å². The number of nitrogens with one attached hydrogen (secondary N) is 1. The number of aromatic nitrogens is 2. The summed E-state index contributed by atoms with van der Waals surface area (Å²) in [6.07, 6.45) is 2.32. The molecule has 2 aromatic rings. The number of hydrogen-bond acceptors (Lipinski definition) is 2. The minimum absolute atomic E-state index is 0.0801. The van der Waals surface area contributed by atoms with Crippen molar-refractivity contribution in [2.24, 2.45) is 0 Å². The smallest absolute Gasteiger partial charge is 0.180 e. The van der Waals surface area contributed by atoms with E-state index in [0.717, 1.165) is 11.0 Å². The van der Waals surface area contributed by atoms with E-state index in [1.165, 1.54) is 0 Å². The molecule has 0 radical (unpaired) electrons. The summed E-state index contributed by atoms with van der Waals surface area (Å²) in [5.74, 6) is 0.0801. The van der Waals surface area contributed by atoms with Gasteiger partial charge >= 0.3 is 0 Å². The number of fused-ring (bicyclic) bond motifs is 1. The number of ketones is 1. The molecule has 3 nitrogen and oxygen atoms in total. The molecule has 0 aromatic carbocycles. The van der Waals surface area contributed by atoms with Gasteiger partial charge < -0.3 is 4.98 Å². The zero-order valence-corrected chi connectivity index (χ0v) is 7.37. The third kappa shape index (κ3) is 1.33. The quantitative estimate of drug-likeness (QED) is 0.709. The van der Waals surface area contributed by atoms with Crippen LogP contribution in [0.5, 0.6) is 0 Å². The molecule has 2 heterocycles. The van der Waals surface area contributed by atoms with Crippen molar-refractivity contribution in [3.63, 3.8) is 0 Å². The zero-order valence-electron chi connectivity index (χ0n) is 7.37. The van der Waals surface area contributed by atoms with Gasteiger partial charge in [0.25, 0.3) is 0 Å². The first-order valence-corrected chi connectivity index (χ1v) is 4.28. The van der Waals surface area contributed by atoms with E-state index in [1.54, 1.807) is 6.07 Å². The Balaban J connectivity index is 2.54. The number of rotatable bonds is 2. The fraction of sp³-hybridized carbons (Fsp3) is 0.200. The molecule has 0 aliphatic carbocycles. The first kappa shape index (κ1) is 7.98. The molecule has 0 bridgehead atoms. The van der Waals surface area contributed by atoms with Crippen LogP contribution in [-0.2, 0) is 0 Å². The Morgan fingerprint density at radius 3 is 3.08 bits per heavy atom. The average molecular weight is 174 g/mol. The topological polar surface area (TPSA) is 45.8 Å². The molecule has 2 rings (SSSR count). The van der Waals surface area contributed by atoms with Gasteiger partial charge in [0.2, 0.25) is 0 Å². The summed E-state index contributed by atoms with van der Waals surface area (Å²) in [6, 6.07) is 5.60. The maximum atomic E-state index is 11.3. The Bertz CT molecular complexity index is 445. The number of Topliss-reactive ketones (excluding diaryl/α,β-unsaturated/α-hetero) is 1. The van der Waals surface area contributed by atoms with Crippen LogP contribution >= 0.6 is 0 Å². The summed E-state index contributed by atoms with van der Waals surface area (Å²) in [7, 11) is 0. The summed E-state index contributed by atoms with van der Waals surface area (Å²) >= 11 is 0. The Kier molecular flexibility index (Phi) is 1.85. The second kappa shape index (κ2) is 3.01. The van der Waals surface area contributed by atoms with Crippen LogP contribution in [0.25, 0.3) is 11.0 Å². The van der Waals surface area contributed by atoms with Crippen LogP contribution in [0.2, 0.25) is 0 Å². The molecule has 66 valence electrons. The highest BCUT2D eigenvalue weighted by Gasteiger charge is 2.05. The van der Waals surface area contributed by atoms with Crippen LogP contribution in [0.15, 0.2) is 24.4 Å². The predicted molar refractivity (Wildman–Crippen MR) is 50.7 cm³/mol. The minimum atomic E-state index is 0.0801. The summed E-state index contributed by atoms with van der Waals surface area (Å²) < 4.78 is 0. The highest BCUT2D eigenvalue weighted by Crippen LogP contribution is 2.10. The number of aromatic amines is 1. The monoisotopic (exact) mass is 174 g/mol. The maximum absolute atomic E-state index is 11.3. The van der Waals surface area contributed by atoms with Crippen LogP contribution in [0.4, 0.5) is 0 Å². The summed E-state index contributed by atoms with van der Waals surface area (Å²) in [5.41, 5.74) is 1.32. The Morgan fingerprint density at radius 1 is 1.46 bits per heavy atom. The van der Waals surface area contributed by atoms with Crippen molar-refractivity contribution in [3.05, 3.63) is 30.1 Å². The van der Waals surface area contributed by atoms with Crippen molar-refractivity contribution >= 4 is 16.8 Å². The lowest BCUT2D eigenvalue weighted by atomic mass is 10.2. The van der Waals surface area contributed by atoms with Crippen molar-refractivity contribution in [2.75, 3.05) is 0 Å². The Labute approximate surface area is 75.8 Å². The molecule has 0 fully saturated rings. The fourth-order valence-corrected chi connectivity index (χ4v) is 1.27. The molecule has 0 aliphatic rings. The van der Waals surface area contributed by atoms with Gasteiger partial charge in [-0.15, -0.1) is 0 Å². The van der Waals surface area contributed by atoms with Gasteiger partial charge in [-0.2, -0.15) is 0 Å². The van der Waals surface area contributed by atoms with Crippen molar-refractivity contribution in [1.29, 1.82) is 0 Å². The van der Waals surface area contributed by atoms with Gasteiger partial charge in [0.05, 0.1) is 0 Å². The van der Waals surface area contributed by atoms with Crippen molar-refractivity contribution in [1.82, 2.24) is 9.97 Å². The van der Waals surface area contributed by atoms with Crippen LogP contribution in [0.3, 0.4) is 0 Å². The molecule has 0 unspecified atom stereocenters. The zero-order chi connectivity index (χ0) is 9.26. The fourth-order valence-electron chi connectivity index (χ4n) is 1.27. The van der Waals surface area contributed by atoms with E-state index in [9.17, 15) is 4.79 Å². The second-order valence-corrected chi connectivity index (χ2v) is 2.89. The SMILES string of the molecule is CCC(=O)c1ccc2cc[nH]c2n1. The van der Waals surface area contributed by atoms with Gasteiger partial charge in [0, 0.05) is 18.0 Å². The number of nitrogens with zero attached hydrogens (tertiary/aromatic N) is 1. The van der Waals surface area contributed by atoms with Crippen molar-refractivity contribution < 1.29 is 4.79 Å². The predicted octanol–water partition coefficient (Wildman–Crippen LogP) is 2.16. The van der Waals surface area contributed by atoms with Gasteiger partial charge in [0.15, 0.2) is 5.78 Å². The molecule has 0 saturated carbocycles. The number of pyridine rings is 1. The molecule has 0 aliphatic heterocycles. The van der Waals surface area contributed by atoms with Gasteiger partial charge in [-0.3, -0.25) is 4.79 Å². The number of hydrogen-bond donors (Lipinski definition) is 1. The third-order valence-electron chi connectivity index (χ3n) is 2.02. The van der Waals surface area contributed by atoms with E-state index in [4.69, 9.17) is 0 Å². The van der Waals surface area contributed by atoms with Crippen molar-refractivity contribution in [3.8, 4) is 0 Å². The highest BCUT2D eigenvalue weighted by atomic mass is 16.1. The molecule has 2 aromatic heterocycles. The van der Waals surface area contributed by atoms with E-state index in [-0.39, 0.29) is 5.78 Å². The first-order chi connectivity index (χ1) is 6.31. The van der Waals surface area contributed by atoms with Crippen LogP contribution in [-0.4, -0.2) is 15.8 Å². The van der Waals surface area contributed by atoms with Crippen LogP contribution in [0, 0.1) is 0 Å². The molecular formula is C10H10N2O. The van der Waals surface area contributed by atoms with Gasteiger partial charge in [-0.05, 0) is 18.2 Å². The normalized spacial score (nSPS) is 10.5. The van der Waals surface area contributed by atoms with E-state index >= 15 is 0 Å².